The molecule has 1 atom stereocenters. The fraction of sp³-hybridized carbons (Fsp3) is 0.333. The van der Waals surface area contributed by atoms with Crippen LogP contribution in [0.5, 0.6) is 0 Å². The Morgan fingerprint density at radius 2 is 2.06 bits per heavy atom. The zero-order chi connectivity index (χ0) is 12.0. The summed E-state index contributed by atoms with van der Waals surface area (Å²) >= 11 is 6.27. The molecule has 0 heterocycles. The summed E-state index contributed by atoms with van der Waals surface area (Å²) in [6.45, 7) is 4.25. The minimum Gasteiger partial charge on any atom is -0.479 e. The third-order valence-electron chi connectivity index (χ3n) is 1.96. The number of benzene rings is 1. The molecule has 0 radical (unpaired) electrons. The van der Waals surface area contributed by atoms with Gasteiger partial charge in [0.2, 0.25) is 4.38 Å². The van der Waals surface area contributed by atoms with Gasteiger partial charge in [-0.25, -0.2) is 0 Å². The molecule has 1 unspecified atom stereocenters. The van der Waals surface area contributed by atoms with Crippen LogP contribution in [0.25, 0.3) is 0 Å². The molecule has 0 amide bonds. The molecule has 2 nitrogen and oxygen atoms in total. The van der Waals surface area contributed by atoms with Gasteiger partial charge < -0.3 is 4.74 Å². The summed E-state index contributed by atoms with van der Waals surface area (Å²) in [6, 6.07) is 9.21. The molecule has 0 fully saturated rings. The second kappa shape index (κ2) is 6.66. The minimum atomic E-state index is -0.207. The molecule has 0 saturated carbocycles. The smallest absolute Gasteiger partial charge is 0.220 e. The molecule has 0 aliphatic rings. The summed E-state index contributed by atoms with van der Waals surface area (Å²) in [6.07, 6.45) is 0. The second-order valence-corrected chi connectivity index (χ2v) is 5.12. The molecule has 0 aliphatic heterocycles. The Kier molecular flexibility index (Phi) is 5.49. The normalized spacial score (nSPS) is 11.9. The summed E-state index contributed by atoms with van der Waals surface area (Å²) < 4.78 is 5.57. The standard InChI is InChI=1S/C12H14O2S2/c1-3-14-12(15)16-9(2)11(13)10-7-5-4-6-8-10/h4-9H,3H2,1-2H3. The zero-order valence-electron chi connectivity index (χ0n) is 9.30. The minimum absolute atomic E-state index is 0.0765. The highest BCUT2D eigenvalue weighted by molar-refractivity contribution is 8.23. The van der Waals surface area contributed by atoms with Crippen molar-refractivity contribution in [3.8, 4) is 0 Å². The first kappa shape index (κ1) is 13.2. The summed E-state index contributed by atoms with van der Waals surface area (Å²) in [5, 5.41) is -0.207. The van der Waals surface area contributed by atoms with E-state index in [0.717, 1.165) is 0 Å². The number of carbonyl (C=O) groups excluding carboxylic acids is 1. The lowest BCUT2D eigenvalue weighted by Crippen LogP contribution is -2.16. The second-order valence-electron chi connectivity index (χ2n) is 3.17. The van der Waals surface area contributed by atoms with Crippen LogP contribution in [-0.4, -0.2) is 22.0 Å². The van der Waals surface area contributed by atoms with Crippen LogP contribution < -0.4 is 0 Å². The highest BCUT2D eigenvalue weighted by Gasteiger charge is 2.17. The molecule has 1 rings (SSSR count). The Labute approximate surface area is 105 Å². The van der Waals surface area contributed by atoms with E-state index in [0.29, 0.717) is 16.6 Å². The van der Waals surface area contributed by atoms with Gasteiger partial charge in [0.25, 0.3) is 0 Å². The maximum Gasteiger partial charge on any atom is 0.220 e. The van der Waals surface area contributed by atoms with Gasteiger partial charge in [0, 0.05) is 5.56 Å². The fourth-order valence-electron chi connectivity index (χ4n) is 1.19. The average Bonchev–Trinajstić information content (AvgIpc) is 2.29. The molecule has 86 valence electrons. The molecule has 16 heavy (non-hydrogen) atoms. The summed E-state index contributed by atoms with van der Waals surface area (Å²) in [7, 11) is 0. The fourth-order valence-corrected chi connectivity index (χ4v) is 2.46. The Balaban J connectivity index is 2.58. The number of ketones is 1. The van der Waals surface area contributed by atoms with Crippen molar-refractivity contribution in [2.75, 3.05) is 6.61 Å². The van der Waals surface area contributed by atoms with Crippen LogP contribution in [0.3, 0.4) is 0 Å². The van der Waals surface area contributed by atoms with Crippen LogP contribution in [0.2, 0.25) is 0 Å². The summed E-state index contributed by atoms with van der Waals surface area (Å²) in [4.78, 5) is 11.9. The number of carbonyl (C=O) groups is 1. The van der Waals surface area contributed by atoms with Gasteiger partial charge in [-0.05, 0) is 26.1 Å². The maximum absolute atomic E-state index is 11.9. The van der Waals surface area contributed by atoms with Crippen molar-refractivity contribution in [2.45, 2.75) is 19.1 Å². The Morgan fingerprint density at radius 3 is 2.62 bits per heavy atom. The SMILES string of the molecule is CCOC(=S)SC(C)C(=O)c1ccccc1. The van der Waals surface area contributed by atoms with Gasteiger partial charge in [0.05, 0.1) is 11.9 Å². The predicted molar refractivity (Wildman–Crippen MR) is 72.0 cm³/mol. The van der Waals surface area contributed by atoms with E-state index in [1.165, 1.54) is 11.8 Å². The van der Waals surface area contributed by atoms with Gasteiger partial charge >= 0.3 is 0 Å². The summed E-state index contributed by atoms with van der Waals surface area (Å²) in [5.41, 5.74) is 0.710. The number of thiocarbonyl (C=S) groups is 1. The topological polar surface area (TPSA) is 26.3 Å². The largest absolute Gasteiger partial charge is 0.479 e. The third kappa shape index (κ3) is 3.94. The third-order valence-corrected chi connectivity index (χ3v) is 3.25. The number of thioether (sulfide) groups is 1. The van der Waals surface area contributed by atoms with E-state index in [-0.39, 0.29) is 11.0 Å². The lowest BCUT2D eigenvalue weighted by Gasteiger charge is -2.10. The monoisotopic (exact) mass is 254 g/mol. The molecule has 4 heteroatoms. The molecule has 0 aliphatic carbocycles. The molecule has 1 aromatic rings. The Bertz CT molecular complexity index is 363. The number of hydrogen-bond donors (Lipinski definition) is 0. The van der Waals surface area contributed by atoms with Crippen LogP contribution >= 0.6 is 24.0 Å². The first-order chi connectivity index (χ1) is 7.65. The zero-order valence-corrected chi connectivity index (χ0v) is 10.9. The van der Waals surface area contributed by atoms with E-state index in [4.69, 9.17) is 17.0 Å². The van der Waals surface area contributed by atoms with Crippen molar-refractivity contribution >= 4 is 34.1 Å². The van der Waals surface area contributed by atoms with Crippen LogP contribution in [0.15, 0.2) is 30.3 Å². The van der Waals surface area contributed by atoms with E-state index < -0.39 is 0 Å². The quantitative estimate of drug-likeness (QED) is 0.608. The van der Waals surface area contributed by atoms with E-state index in [9.17, 15) is 4.79 Å². The number of hydrogen-bond acceptors (Lipinski definition) is 4. The highest BCUT2D eigenvalue weighted by atomic mass is 32.2. The Morgan fingerprint density at radius 1 is 1.44 bits per heavy atom. The predicted octanol–water partition coefficient (Wildman–Crippen LogP) is 3.31. The van der Waals surface area contributed by atoms with Crippen LogP contribution in [0.4, 0.5) is 0 Å². The number of ether oxygens (including phenoxy) is 1. The molecule has 0 aromatic heterocycles. The molecular formula is C12H14O2S2. The summed E-state index contributed by atoms with van der Waals surface area (Å²) in [5.74, 6) is 0.0765. The van der Waals surface area contributed by atoms with Gasteiger partial charge in [0.15, 0.2) is 5.78 Å². The van der Waals surface area contributed by atoms with E-state index in [1.807, 2.05) is 44.2 Å². The molecule has 0 spiro atoms. The van der Waals surface area contributed by atoms with Gasteiger partial charge in [-0.3, -0.25) is 4.79 Å². The maximum atomic E-state index is 11.9. The molecule has 1 aromatic carbocycles. The van der Waals surface area contributed by atoms with Crippen molar-refractivity contribution in [2.24, 2.45) is 0 Å². The van der Waals surface area contributed by atoms with Gasteiger partial charge in [-0.1, -0.05) is 42.1 Å². The first-order valence-electron chi connectivity index (χ1n) is 5.07. The van der Waals surface area contributed by atoms with Gasteiger partial charge in [-0.15, -0.1) is 0 Å². The average molecular weight is 254 g/mol. The van der Waals surface area contributed by atoms with E-state index in [1.54, 1.807) is 0 Å². The van der Waals surface area contributed by atoms with Crippen molar-refractivity contribution < 1.29 is 9.53 Å². The van der Waals surface area contributed by atoms with Crippen molar-refractivity contribution in [3.05, 3.63) is 35.9 Å². The lowest BCUT2D eigenvalue weighted by atomic mass is 10.1. The highest BCUT2D eigenvalue weighted by Crippen LogP contribution is 2.18. The molecule has 0 saturated heterocycles. The molecule has 0 N–H and O–H groups in total. The van der Waals surface area contributed by atoms with Crippen molar-refractivity contribution in [1.82, 2.24) is 0 Å². The van der Waals surface area contributed by atoms with Gasteiger partial charge in [0.1, 0.15) is 0 Å². The Hall–Kier alpha value is -0.870. The molecule has 0 bridgehead atoms. The van der Waals surface area contributed by atoms with E-state index >= 15 is 0 Å². The first-order valence-corrected chi connectivity index (χ1v) is 6.36. The van der Waals surface area contributed by atoms with Gasteiger partial charge in [-0.2, -0.15) is 0 Å². The van der Waals surface area contributed by atoms with Crippen LogP contribution in [0, 0.1) is 0 Å². The van der Waals surface area contributed by atoms with Crippen molar-refractivity contribution in [3.63, 3.8) is 0 Å². The molecular weight excluding hydrogens is 240 g/mol. The van der Waals surface area contributed by atoms with E-state index in [2.05, 4.69) is 0 Å². The van der Waals surface area contributed by atoms with Crippen molar-refractivity contribution in [1.29, 1.82) is 0 Å². The lowest BCUT2D eigenvalue weighted by molar-refractivity contribution is 0.0994. The van der Waals surface area contributed by atoms with Crippen LogP contribution in [0.1, 0.15) is 24.2 Å². The number of rotatable bonds is 4. The number of Topliss-reactive ketones (excluding diaryl/α,β-unsaturated/α-hetero) is 1. The van der Waals surface area contributed by atoms with Crippen LogP contribution in [-0.2, 0) is 4.74 Å².